The number of fused-ring (bicyclic) bond motifs is 1. The lowest BCUT2D eigenvalue weighted by Crippen LogP contribution is -2.29. The van der Waals surface area contributed by atoms with Gasteiger partial charge in [-0.15, -0.1) is 0 Å². The summed E-state index contributed by atoms with van der Waals surface area (Å²) in [6.45, 7) is 2.23. The number of aromatic nitrogens is 2. The van der Waals surface area contributed by atoms with Crippen LogP contribution < -0.4 is 10.5 Å². The quantitative estimate of drug-likeness (QED) is 0.897. The molecule has 1 heterocycles. The van der Waals surface area contributed by atoms with Crippen LogP contribution in [0.25, 0.3) is 11.0 Å². The zero-order chi connectivity index (χ0) is 13.2. The molecule has 1 aromatic heterocycles. The van der Waals surface area contributed by atoms with E-state index in [9.17, 15) is 0 Å². The predicted molar refractivity (Wildman–Crippen MR) is 76.0 cm³/mol. The maximum absolute atomic E-state index is 6.01. The Bertz CT molecular complexity index is 585. The number of hydrogen-bond acceptors (Lipinski definition) is 4. The number of rotatable bonds is 2. The van der Waals surface area contributed by atoms with Gasteiger partial charge in [0, 0.05) is 0 Å². The van der Waals surface area contributed by atoms with E-state index < -0.39 is 0 Å². The highest BCUT2D eigenvalue weighted by Crippen LogP contribution is 2.29. The molecule has 19 heavy (non-hydrogen) atoms. The van der Waals surface area contributed by atoms with Crippen LogP contribution in [0.15, 0.2) is 24.3 Å². The third-order valence-electron chi connectivity index (χ3n) is 3.86. The van der Waals surface area contributed by atoms with E-state index in [2.05, 4.69) is 16.9 Å². The van der Waals surface area contributed by atoms with E-state index in [1.807, 2.05) is 24.3 Å². The molecule has 1 fully saturated rings. The number of anilines is 1. The van der Waals surface area contributed by atoms with Crippen molar-refractivity contribution in [3.05, 3.63) is 24.3 Å². The maximum Gasteiger partial charge on any atom is 0.258 e. The van der Waals surface area contributed by atoms with Crippen molar-refractivity contribution in [1.82, 2.24) is 9.97 Å². The van der Waals surface area contributed by atoms with Crippen LogP contribution in [0.2, 0.25) is 0 Å². The highest BCUT2D eigenvalue weighted by atomic mass is 16.5. The lowest BCUT2D eigenvalue weighted by Gasteiger charge is -2.29. The summed E-state index contributed by atoms with van der Waals surface area (Å²) in [4.78, 5) is 8.85. The summed E-state index contributed by atoms with van der Waals surface area (Å²) >= 11 is 0. The first-order valence-electron chi connectivity index (χ1n) is 6.93. The van der Waals surface area contributed by atoms with Crippen LogP contribution in [0.5, 0.6) is 5.88 Å². The van der Waals surface area contributed by atoms with Crippen molar-refractivity contribution in [2.45, 2.75) is 38.7 Å². The van der Waals surface area contributed by atoms with E-state index >= 15 is 0 Å². The minimum Gasteiger partial charge on any atom is -0.471 e. The molecule has 1 saturated carbocycles. The van der Waals surface area contributed by atoms with E-state index in [0.29, 0.717) is 17.6 Å². The molecular formula is C15H19N3O. The minimum atomic E-state index is 0.214. The summed E-state index contributed by atoms with van der Waals surface area (Å²) in [5.74, 6) is 1.43. The smallest absolute Gasteiger partial charge is 0.258 e. The zero-order valence-corrected chi connectivity index (χ0v) is 11.2. The van der Waals surface area contributed by atoms with Crippen LogP contribution >= 0.6 is 0 Å². The molecule has 2 aromatic rings. The fourth-order valence-corrected chi connectivity index (χ4v) is 2.68. The van der Waals surface area contributed by atoms with E-state index in [1.165, 1.54) is 19.3 Å². The average Bonchev–Trinajstić information content (AvgIpc) is 2.42. The lowest BCUT2D eigenvalue weighted by molar-refractivity contribution is 0.0985. The molecule has 0 amide bonds. The Labute approximate surface area is 113 Å². The van der Waals surface area contributed by atoms with E-state index in [0.717, 1.165) is 17.5 Å². The van der Waals surface area contributed by atoms with Crippen LogP contribution in [-0.2, 0) is 0 Å². The molecule has 2 unspecified atom stereocenters. The van der Waals surface area contributed by atoms with Crippen molar-refractivity contribution in [3.63, 3.8) is 0 Å². The monoisotopic (exact) mass is 257 g/mol. The van der Waals surface area contributed by atoms with Gasteiger partial charge in [0.2, 0.25) is 0 Å². The first-order chi connectivity index (χ1) is 9.24. The molecule has 1 aromatic carbocycles. The zero-order valence-electron chi connectivity index (χ0n) is 11.2. The summed E-state index contributed by atoms with van der Waals surface area (Å²) < 4.78 is 6.01. The molecular weight excluding hydrogens is 238 g/mol. The van der Waals surface area contributed by atoms with Crippen LogP contribution in [0, 0.1) is 5.92 Å². The van der Waals surface area contributed by atoms with Gasteiger partial charge in [-0.25, -0.2) is 9.97 Å². The van der Waals surface area contributed by atoms with Gasteiger partial charge in [0.1, 0.15) is 6.10 Å². The Morgan fingerprint density at radius 3 is 2.53 bits per heavy atom. The number of hydrogen-bond donors (Lipinski definition) is 1. The van der Waals surface area contributed by atoms with E-state index in [4.69, 9.17) is 10.5 Å². The first-order valence-corrected chi connectivity index (χ1v) is 6.93. The van der Waals surface area contributed by atoms with Gasteiger partial charge in [0.15, 0.2) is 5.82 Å². The van der Waals surface area contributed by atoms with Crippen LogP contribution in [0.3, 0.4) is 0 Å². The molecule has 0 spiro atoms. The molecule has 0 radical (unpaired) electrons. The standard InChI is InChI=1S/C15H19N3O/c1-10-6-2-5-9-13(10)19-15-14(16)17-11-7-3-4-8-12(11)18-15/h3-4,7-8,10,13H,2,5-6,9H2,1H3,(H2,16,17). The van der Waals surface area contributed by atoms with E-state index in [1.54, 1.807) is 0 Å². The number of para-hydroxylation sites is 2. The third-order valence-corrected chi connectivity index (χ3v) is 3.86. The van der Waals surface area contributed by atoms with Gasteiger partial charge in [0.05, 0.1) is 11.0 Å². The van der Waals surface area contributed by atoms with Crippen molar-refractivity contribution in [2.75, 3.05) is 5.73 Å². The topological polar surface area (TPSA) is 61.0 Å². The highest BCUT2D eigenvalue weighted by molar-refractivity contribution is 5.76. The second-order valence-electron chi connectivity index (χ2n) is 5.32. The van der Waals surface area contributed by atoms with Crippen molar-refractivity contribution < 1.29 is 4.74 Å². The van der Waals surface area contributed by atoms with Crippen molar-refractivity contribution in [1.29, 1.82) is 0 Å². The fraction of sp³-hybridized carbons (Fsp3) is 0.467. The van der Waals surface area contributed by atoms with Gasteiger partial charge in [-0.1, -0.05) is 25.5 Å². The molecule has 0 bridgehead atoms. The Balaban J connectivity index is 1.89. The van der Waals surface area contributed by atoms with Crippen molar-refractivity contribution >= 4 is 16.9 Å². The number of ether oxygens (including phenoxy) is 1. The van der Waals surface area contributed by atoms with Gasteiger partial charge in [-0.05, 0) is 37.3 Å². The van der Waals surface area contributed by atoms with Crippen LogP contribution in [-0.4, -0.2) is 16.1 Å². The highest BCUT2D eigenvalue weighted by Gasteiger charge is 2.24. The number of nitrogen functional groups attached to an aromatic ring is 1. The maximum atomic E-state index is 6.01. The SMILES string of the molecule is CC1CCCCC1Oc1nc2ccccc2nc1N. The van der Waals surface area contributed by atoms with Gasteiger partial charge < -0.3 is 10.5 Å². The van der Waals surface area contributed by atoms with Gasteiger partial charge in [0.25, 0.3) is 5.88 Å². The second-order valence-corrected chi connectivity index (χ2v) is 5.32. The van der Waals surface area contributed by atoms with Gasteiger partial charge in [-0.2, -0.15) is 0 Å². The van der Waals surface area contributed by atoms with Crippen LogP contribution in [0.4, 0.5) is 5.82 Å². The molecule has 1 aliphatic carbocycles. The van der Waals surface area contributed by atoms with Gasteiger partial charge >= 0.3 is 0 Å². The molecule has 4 heteroatoms. The summed E-state index contributed by atoms with van der Waals surface area (Å²) in [7, 11) is 0. The Hall–Kier alpha value is -1.84. The number of nitrogens with two attached hydrogens (primary N) is 1. The summed E-state index contributed by atoms with van der Waals surface area (Å²) in [6.07, 6.45) is 5.02. The molecule has 100 valence electrons. The summed E-state index contributed by atoms with van der Waals surface area (Å²) in [5, 5.41) is 0. The third kappa shape index (κ3) is 2.48. The molecule has 4 nitrogen and oxygen atoms in total. The number of benzene rings is 1. The van der Waals surface area contributed by atoms with Crippen molar-refractivity contribution in [3.8, 4) is 5.88 Å². The molecule has 0 saturated heterocycles. The minimum absolute atomic E-state index is 0.214. The Morgan fingerprint density at radius 2 is 1.79 bits per heavy atom. The van der Waals surface area contributed by atoms with Gasteiger partial charge in [-0.3, -0.25) is 0 Å². The first kappa shape index (κ1) is 12.2. The largest absolute Gasteiger partial charge is 0.471 e. The van der Waals surface area contributed by atoms with Crippen molar-refractivity contribution in [2.24, 2.45) is 5.92 Å². The Morgan fingerprint density at radius 1 is 1.11 bits per heavy atom. The normalized spacial score (nSPS) is 23.4. The molecule has 2 N–H and O–H groups in total. The summed E-state index contributed by atoms with van der Waals surface area (Å²) in [6, 6.07) is 7.71. The molecule has 1 aliphatic rings. The lowest BCUT2D eigenvalue weighted by atomic mass is 9.88. The van der Waals surface area contributed by atoms with Crippen LogP contribution in [0.1, 0.15) is 32.6 Å². The number of nitrogens with zero attached hydrogens (tertiary/aromatic N) is 2. The molecule has 3 rings (SSSR count). The summed E-state index contributed by atoms with van der Waals surface area (Å²) in [5.41, 5.74) is 7.59. The van der Waals surface area contributed by atoms with E-state index in [-0.39, 0.29) is 6.10 Å². The Kier molecular flexibility index (Phi) is 3.23. The molecule has 2 atom stereocenters. The predicted octanol–water partition coefficient (Wildman–Crippen LogP) is 3.17. The fourth-order valence-electron chi connectivity index (χ4n) is 2.68. The average molecular weight is 257 g/mol. The molecule has 0 aliphatic heterocycles. The second kappa shape index (κ2) is 5.03.